The molecule has 38 heavy (non-hydrogen) atoms. The summed E-state index contributed by atoms with van der Waals surface area (Å²) in [5.74, 6) is 1.26. The van der Waals surface area contributed by atoms with Gasteiger partial charge in [-0.1, -0.05) is 29.8 Å². The second kappa shape index (κ2) is 11.5. The summed E-state index contributed by atoms with van der Waals surface area (Å²) >= 11 is 6.26. The van der Waals surface area contributed by atoms with Gasteiger partial charge in [-0.15, -0.1) is 10.2 Å². The smallest absolute Gasteiger partial charge is 0.168 e. The molecule has 0 unspecified atom stereocenters. The lowest BCUT2D eigenvalue weighted by Gasteiger charge is -2.22. The van der Waals surface area contributed by atoms with Crippen molar-refractivity contribution in [3.63, 3.8) is 0 Å². The first-order chi connectivity index (χ1) is 18.2. The van der Waals surface area contributed by atoms with Crippen LogP contribution in [0.3, 0.4) is 0 Å². The molecule has 0 bridgehead atoms. The van der Waals surface area contributed by atoms with Crippen LogP contribution >= 0.6 is 11.6 Å². The van der Waals surface area contributed by atoms with Crippen molar-refractivity contribution in [2.75, 3.05) is 21.3 Å². The molecule has 4 aromatic rings. The molecule has 0 radical (unpaired) electrons. The van der Waals surface area contributed by atoms with Crippen LogP contribution in [0.5, 0.6) is 11.5 Å². The number of methoxy groups -OCH3 is 3. The van der Waals surface area contributed by atoms with E-state index in [4.69, 9.17) is 25.8 Å². The normalized spacial score (nSPS) is 13.2. The maximum atomic E-state index is 13.7. The maximum absolute atomic E-state index is 13.7. The van der Waals surface area contributed by atoms with Crippen molar-refractivity contribution in [1.29, 1.82) is 0 Å². The van der Waals surface area contributed by atoms with E-state index in [1.54, 1.807) is 60.3 Å². The standard InChI is InChI=1S/C26H28ClN5O5S/c1-16-13-28-25(29-14-16)24(37-5)17(2)38(33,34)15-22-30-31-26(18-8-6-9-19(27)12-18)32(22)23-20(35-3)10-7-11-21(23)36-4/h6-14,17,24H,15H2,1-5H3/t17-,24-/m0/s1. The zero-order chi connectivity index (χ0) is 27.4. The second-order valence-corrected chi connectivity index (χ2v) is 11.4. The molecule has 2 heterocycles. The molecular weight excluding hydrogens is 530 g/mol. The van der Waals surface area contributed by atoms with E-state index in [-0.39, 0.29) is 11.6 Å². The summed E-state index contributed by atoms with van der Waals surface area (Å²) in [6.45, 7) is 3.41. The van der Waals surface area contributed by atoms with E-state index >= 15 is 0 Å². The molecule has 0 aliphatic heterocycles. The van der Waals surface area contributed by atoms with Gasteiger partial charge in [0.15, 0.2) is 27.3 Å². The number of rotatable bonds is 10. The Labute approximate surface area is 226 Å². The predicted octanol–water partition coefficient (Wildman–Crippen LogP) is 4.39. The van der Waals surface area contributed by atoms with Crippen LogP contribution in [-0.2, 0) is 20.3 Å². The highest BCUT2D eigenvalue weighted by Crippen LogP contribution is 2.37. The fourth-order valence-electron chi connectivity index (χ4n) is 4.07. The average Bonchev–Trinajstić information content (AvgIpc) is 3.31. The largest absolute Gasteiger partial charge is 0.494 e. The van der Waals surface area contributed by atoms with Gasteiger partial charge in [0.1, 0.15) is 29.0 Å². The summed E-state index contributed by atoms with van der Waals surface area (Å²) in [5.41, 5.74) is 1.95. The van der Waals surface area contributed by atoms with Gasteiger partial charge >= 0.3 is 0 Å². The highest BCUT2D eigenvalue weighted by Gasteiger charge is 2.35. The van der Waals surface area contributed by atoms with E-state index in [9.17, 15) is 8.42 Å². The van der Waals surface area contributed by atoms with Crippen molar-refractivity contribution in [3.8, 4) is 28.6 Å². The first-order valence-corrected chi connectivity index (χ1v) is 13.7. The molecule has 2 aromatic heterocycles. The lowest BCUT2D eigenvalue weighted by molar-refractivity contribution is 0.0947. The Kier molecular flexibility index (Phi) is 8.29. The predicted molar refractivity (Wildman–Crippen MR) is 144 cm³/mol. The number of ether oxygens (including phenoxy) is 3. The number of aromatic nitrogens is 5. The van der Waals surface area contributed by atoms with Crippen LogP contribution in [0.4, 0.5) is 0 Å². The minimum Gasteiger partial charge on any atom is -0.494 e. The molecule has 4 rings (SSSR count). The maximum Gasteiger partial charge on any atom is 0.168 e. The van der Waals surface area contributed by atoms with Crippen LogP contribution in [0.2, 0.25) is 5.02 Å². The van der Waals surface area contributed by atoms with E-state index in [1.807, 2.05) is 13.0 Å². The van der Waals surface area contributed by atoms with Crippen molar-refractivity contribution < 1.29 is 22.6 Å². The van der Waals surface area contributed by atoms with Gasteiger partial charge in [0.25, 0.3) is 0 Å². The summed E-state index contributed by atoms with van der Waals surface area (Å²) in [5, 5.41) is 8.15. The summed E-state index contributed by atoms with van der Waals surface area (Å²) in [6.07, 6.45) is 2.36. The molecule has 0 fully saturated rings. The van der Waals surface area contributed by atoms with E-state index in [2.05, 4.69) is 20.2 Å². The van der Waals surface area contributed by atoms with Crippen LogP contribution in [0.25, 0.3) is 17.1 Å². The highest BCUT2D eigenvalue weighted by molar-refractivity contribution is 7.91. The second-order valence-electron chi connectivity index (χ2n) is 8.58. The molecule has 12 heteroatoms. The van der Waals surface area contributed by atoms with Crippen molar-refractivity contribution in [1.82, 2.24) is 24.7 Å². The summed E-state index contributed by atoms with van der Waals surface area (Å²) in [7, 11) is 0.602. The lowest BCUT2D eigenvalue weighted by Crippen LogP contribution is -2.30. The number of hydrogen-bond donors (Lipinski definition) is 0. The molecule has 0 spiro atoms. The molecule has 2 atom stereocenters. The van der Waals surface area contributed by atoms with Crippen LogP contribution in [0.1, 0.15) is 30.2 Å². The monoisotopic (exact) mass is 557 g/mol. The minimum absolute atomic E-state index is 0.161. The van der Waals surface area contributed by atoms with Crippen molar-refractivity contribution in [3.05, 3.63) is 77.1 Å². The van der Waals surface area contributed by atoms with E-state index in [0.717, 1.165) is 5.56 Å². The van der Waals surface area contributed by atoms with Gasteiger partial charge in [0.2, 0.25) is 0 Å². The van der Waals surface area contributed by atoms with Crippen molar-refractivity contribution >= 4 is 21.4 Å². The topological polar surface area (TPSA) is 118 Å². The summed E-state index contributed by atoms with van der Waals surface area (Å²) in [4.78, 5) is 8.55. The molecule has 0 aliphatic rings. The Morgan fingerprint density at radius 2 is 1.61 bits per heavy atom. The Hall–Kier alpha value is -3.54. The number of aryl methyl sites for hydroxylation is 1. The van der Waals surface area contributed by atoms with Gasteiger partial charge in [-0.3, -0.25) is 4.57 Å². The quantitative estimate of drug-likeness (QED) is 0.279. The zero-order valence-electron chi connectivity index (χ0n) is 21.6. The summed E-state index contributed by atoms with van der Waals surface area (Å²) < 4.78 is 45.9. The number of halogens is 1. The fourth-order valence-corrected chi connectivity index (χ4v) is 5.68. The summed E-state index contributed by atoms with van der Waals surface area (Å²) in [6, 6.07) is 12.3. The first-order valence-electron chi connectivity index (χ1n) is 11.6. The SMILES string of the molecule is COc1cccc(OC)c1-n1c(CS(=O)(=O)[C@@H](C)[C@H](OC)c2ncc(C)cn2)nnc1-c1cccc(Cl)c1. The third-order valence-corrected chi connectivity index (χ3v) is 8.35. The van der Waals surface area contributed by atoms with Gasteiger partial charge in [0, 0.05) is 30.1 Å². The van der Waals surface area contributed by atoms with E-state index in [0.29, 0.717) is 33.6 Å². The molecule has 0 saturated heterocycles. The minimum atomic E-state index is -3.87. The Balaban J connectivity index is 1.84. The number of hydrogen-bond acceptors (Lipinski definition) is 9. The molecule has 0 N–H and O–H groups in total. The molecule has 2 aromatic carbocycles. The van der Waals surface area contributed by atoms with Gasteiger partial charge in [-0.25, -0.2) is 18.4 Å². The van der Waals surface area contributed by atoms with Gasteiger partial charge in [-0.2, -0.15) is 0 Å². The number of para-hydroxylation sites is 1. The first kappa shape index (κ1) is 27.5. The van der Waals surface area contributed by atoms with Crippen LogP contribution in [0, 0.1) is 6.92 Å². The number of sulfone groups is 1. The zero-order valence-corrected chi connectivity index (χ0v) is 23.2. The van der Waals surface area contributed by atoms with Crippen molar-refractivity contribution in [2.24, 2.45) is 0 Å². The Bertz CT molecular complexity index is 1500. The molecule has 200 valence electrons. The van der Waals surface area contributed by atoms with Gasteiger partial charge in [0.05, 0.1) is 19.5 Å². The molecule has 10 nitrogen and oxygen atoms in total. The third kappa shape index (κ3) is 5.50. The molecular formula is C26H28ClN5O5S. The van der Waals surface area contributed by atoms with Crippen LogP contribution in [-0.4, -0.2) is 59.7 Å². The average molecular weight is 558 g/mol. The number of nitrogens with zero attached hydrogens (tertiary/aromatic N) is 5. The molecule has 0 aliphatic carbocycles. The highest BCUT2D eigenvalue weighted by atomic mass is 35.5. The van der Waals surface area contributed by atoms with E-state index < -0.39 is 26.9 Å². The van der Waals surface area contributed by atoms with E-state index in [1.165, 1.54) is 21.3 Å². The molecule has 0 amide bonds. The molecule has 0 saturated carbocycles. The van der Waals surface area contributed by atoms with Crippen LogP contribution < -0.4 is 9.47 Å². The van der Waals surface area contributed by atoms with Crippen LogP contribution in [0.15, 0.2) is 54.9 Å². The lowest BCUT2D eigenvalue weighted by atomic mass is 10.2. The van der Waals surface area contributed by atoms with Crippen molar-refractivity contribution in [2.45, 2.75) is 31.0 Å². The van der Waals surface area contributed by atoms with Gasteiger partial charge < -0.3 is 14.2 Å². The van der Waals surface area contributed by atoms with Gasteiger partial charge in [-0.05, 0) is 43.7 Å². The third-order valence-electron chi connectivity index (χ3n) is 6.07. The Morgan fingerprint density at radius 1 is 0.974 bits per heavy atom. The Morgan fingerprint density at radius 3 is 2.18 bits per heavy atom. The fraction of sp³-hybridized carbons (Fsp3) is 0.308. The number of benzene rings is 2.